The highest BCUT2D eigenvalue weighted by Gasteiger charge is 2.38. The Bertz CT molecular complexity index is 414. The normalized spacial score (nSPS) is 19.3. The van der Waals surface area contributed by atoms with Gasteiger partial charge in [0, 0.05) is 44.8 Å². The monoisotopic (exact) mass is 246 g/mol. The molecule has 0 radical (unpaired) electrons. The Morgan fingerprint density at radius 2 is 1.82 bits per heavy atom. The van der Waals surface area contributed by atoms with Gasteiger partial charge < -0.3 is 9.47 Å². The third kappa shape index (κ3) is 2.17. The molecule has 2 nitrogen and oxygen atoms in total. The molecule has 0 spiro atoms. The summed E-state index contributed by atoms with van der Waals surface area (Å²) in [5.74, 6) is -3.04. The largest absolute Gasteiger partial charge is 0.381 e. The minimum absolute atomic E-state index is 0.0687. The van der Waals surface area contributed by atoms with Gasteiger partial charge in [0.15, 0.2) is 11.6 Å². The van der Waals surface area contributed by atoms with Crippen LogP contribution in [0.1, 0.15) is 18.4 Å². The van der Waals surface area contributed by atoms with Gasteiger partial charge in [-0.3, -0.25) is 0 Å². The summed E-state index contributed by atoms with van der Waals surface area (Å²) in [5, 5.41) is 0. The molecule has 0 atom stereocenters. The zero-order valence-electron chi connectivity index (χ0n) is 9.43. The molecule has 94 valence electrons. The van der Waals surface area contributed by atoms with Gasteiger partial charge in [0.25, 0.3) is 0 Å². The second-order valence-corrected chi connectivity index (χ2v) is 4.06. The summed E-state index contributed by atoms with van der Waals surface area (Å²) in [4.78, 5) is 0. The van der Waals surface area contributed by atoms with E-state index in [1.165, 1.54) is 7.11 Å². The fourth-order valence-corrected chi connectivity index (χ4v) is 2.17. The maximum absolute atomic E-state index is 13.7. The fourth-order valence-electron chi connectivity index (χ4n) is 2.17. The first-order chi connectivity index (χ1) is 8.09. The highest BCUT2D eigenvalue weighted by atomic mass is 19.2. The van der Waals surface area contributed by atoms with E-state index in [4.69, 9.17) is 9.47 Å². The number of halogens is 3. The summed E-state index contributed by atoms with van der Waals surface area (Å²) in [5.41, 5.74) is -1.06. The smallest absolute Gasteiger partial charge is 0.165 e. The predicted octanol–water partition coefficient (Wildman–Crippen LogP) is 2.76. The Morgan fingerprint density at radius 1 is 1.18 bits per heavy atom. The zero-order valence-corrected chi connectivity index (χ0v) is 9.43. The van der Waals surface area contributed by atoms with Gasteiger partial charge in [-0.1, -0.05) is 0 Å². The van der Waals surface area contributed by atoms with Crippen molar-refractivity contribution in [2.75, 3.05) is 20.3 Å². The molecule has 0 unspecified atom stereocenters. The highest BCUT2D eigenvalue weighted by Crippen LogP contribution is 2.37. The van der Waals surface area contributed by atoms with Gasteiger partial charge >= 0.3 is 0 Å². The Labute approximate surface area is 97.3 Å². The minimum Gasteiger partial charge on any atom is -0.381 e. The van der Waals surface area contributed by atoms with E-state index in [0.29, 0.717) is 32.1 Å². The predicted molar refractivity (Wildman–Crippen MR) is 55.1 cm³/mol. The van der Waals surface area contributed by atoms with Gasteiger partial charge in [0.1, 0.15) is 11.4 Å². The lowest BCUT2D eigenvalue weighted by Gasteiger charge is -2.36. The van der Waals surface area contributed by atoms with Crippen LogP contribution >= 0.6 is 0 Å². The third-order valence-electron chi connectivity index (χ3n) is 3.18. The van der Waals surface area contributed by atoms with E-state index in [9.17, 15) is 13.2 Å². The first-order valence-corrected chi connectivity index (χ1v) is 5.37. The molecule has 1 aliphatic rings. The molecule has 1 aliphatic heterocycles. The van der Waals surface area contributed by atoms with Crippen molar-refractivity contribution in [3.05, 3.63) is 35.1 Å². The van der Waals surface area contributed by atoms with E-state index in [2.05, 4.69) is 0 Å². The lowest BCUT2D eigenvalue weighted by atomic mass is 9.85. The first-order valence-electron chi connectivity index (χ1n) is 5.37. The average molecular weight is 246 g/mol. The van der Waals surface area contributed by atoms with Crippen molar-refractivity contribution >= 4 is 0 Å². The van der Waals surface area contributed by atoms with Crippen LogP contribution in [0, 0.1) is 17.5 Å². The first kappa shape index (κ1) is 12.4. The van der Waals surface area contributed by atoms with Crippen LogP contribution < -0.4 is 0 Å². The number of ether oxygens (including phenoxy) is 2. The molecule has 2 rings (SSSR count). The van der Waals surface area contributed by atoms with Gasteiger partial charge in [0.2, 0.25) is 0 Å². The van der Waals surface area contributed by atoms with Crippen molar-refractivity contribution in [1.29, 1.82) is 0 Å². The summed E-state index contributed by atoms with van der Waals surface area (Å²) < 4.78 is 50.6. The maximum Gasteiger partial charge on any atom is 0.165 e. The van der Waals surface area contributed by atoms with Crippen molar-refractivity contribution in [2.24, 2.45) is 0 Å². The Morgan fingerprint density at radius 3 is 2.41 bits per heavy atom. The van der Waals surface area contributed by atoms with Crippen molar-refractivity contribution in [2.45, 2.75) is 18.4 Å². The van der Waals surface area contributed by atoms with Gasteiger partial charge in [-0.2, -0.15) is 0 Å². The van der Waals surface area contributed by atoms with Crippen LogP contribution in [0.3, 0.4) is 0 Å². The highest BCUT2D eigenvalue weighted by molar-refractivity contribution is 5.27. The average Bonchev–Trinajstić information content (AvgIpc) is 2.34. The Kier molecular flexibility index (Phi) is 3.40. The molecule has 0 aromatic heterocycles. The van der Waals surface area contributed by atoms with Crippen LogP contribution in [0.25, 0.3) is 0 Å². The van der Waals surface area contributed by atoms with Crippen molar-refractivity contribution in [1.82, 2.24) is 0 Å². The third-order valence-corrected chi connectivity index (χ3v) is 3.18. The van der Waals surface area contributed by atoms with Gasteiger partial charge in [-0.15, -0.1) is 0 Å². The number of hydrogen-bond acceptors (Lipinski definition) is 2. The SMILES string of the molecule is COC1(c2cc(F)cc(F)c2F)CCOCC1. The molecule has 0 N–H and O–H groups in total. The number of rotatable bonds is 2. The maximum atomic E-state index is 13.7. The molecule has 1 aromatic carbocycles. The van der Waals surface area contributed by atoms with Crippen LogP contribution in [-0.2, 0) is 15.1 Å². The van der Waals surface area contributed by atoms with Crippen LogP contribution in [-0.4, -0.2) is 20.3 Å². The van der Waals surface area contributed by atoms with E-state index in [1.807, 2.05) is 0 Å². The molecular formula is C12H13F3O2. The van der Waals surface area contributed by atoms with E-state index in [-0.39, 0.29) is 5.56 Å². The van der Waals surface area contributed by atoms with E-state index in [1.54, 1.807) is 0 Å². The molecule has 0 saturated carbocycles. The van der Waals surface area contributed by atoms with E-state index < -0.39 is 23.1 Å². The second-order valence-electron chi connectivity index (χ2n) is 4.06. The van der Waals surface area contributed by atoms with Crippen molar-refractivity contribution in [3.8, 4) is 0 Å². The fraction of sp³-hybridized carbons (Fsp3) is 0.500. The molecule has 5 heteroatoms. The summed E-state index contributed by atoms with van der Waals surface area (Å²) in [6.07, 6.45) is 0.757. The van der Waals surface area contributed by atoms with Crippen molar-refractivity contribution < 1.29 is 22.6 Å². The number of hydrogen-bond donors (Lipinski definition) is 0. The molecule has 0 aliphatic carbocycles. The molecule has 1 saturated heterocycles. The van der Waals surface area contributed by atoms with E-state index in [0.717, 1.165) is 6.07 Å². The zero-order chi connectivity index (χ0) is 12.5. The summed E-state index contributed by atoms with van der Waals surface area (Å²) in [6, 6.07) is 1.52. The van der Waals surface area contributed by atoms with Crippen LogP contribution in [0.4, 0.5) is 13.2 Å². The second kappa shape index (κ2) is 4.66. The van der Waals surface area contributed by atoms with Crippen LogP contribution in [0.5, 0.6) is 0 Å². The molecule has 0 bridgehead atoms. The van der Waals surface area contributed by atoms with Gasteiger partial charge in [-0.25, -0.2) is 13.2 Å². The molecule has 17 heavy (non-hydrogen) atoms. The summed E-state index contributed by atoms with van der Waals surface area (Å²) in [6.45, 7) is 0.761. The molecular weight excluding hydrogens is 233 g/mol. The minimum atomic E-state index is -1.19. The molecule has 1 heterocycles. The Hall–Kier alpha value is -1.07. The van der Waals surface area contributed by atoms with Crippen molar-refractivity contribution in [3.63, 3.8) is 0 Å². The van der Waals surface area contributed by atoms with Crippen LogP contribution in [0.15, 0.2) is 12.1 Å². The van der Waals surface area contributed by atoms with E-state index >= 15 is 0 Å². The molecule has 1 aromatic rings. The lowest BCUT2D eigenvalue weighted by Crippen LogP contribution is -2.36. The molecule has 1 fully saturated rings. The standard InChI is InChI=1S/C12H13F3O2/c1-16-12(2-4-17-5-3-12)9-6-8(13)7-10(14)11(9)15/h6-7H,2-5H2,1H3. The summed E-state index contributed by atoms with van der Waals surface area (Å²) in [7, 11) is 1.41. The topological polar surface area (TPSA) is 18.5 Å². The molecule has 0 amide bonds. The quantitative estimate of drug-likeness (QED) is 0.747. The summed E-state index contributed by atoms with van der Waals surface area (Å²) >= 11 is 0. The number of methoxy groups -OCH3 is 1. The van der Waals surface area contributed by atoms with Gasteiger partial charge in [0.05, 0.1) is 0 Å². The lowest BCUT2D eigenvalue weighted by molar-refractivity contribution is -0.0969. The van der Waals surface area contributed by atoms with Gasteiger partial charge in [-0.05, 0) is 6.07 Å². The van der Waals surface area contributed by atoms with Crippen LogP contribution in [0.2, 0.25) is 0 Å². The Balaban J connectivity index is 2.49. The number of benzene rings is 1.